The zero-order chi connectivity index (χ0) is 11.8. The second-order valence-electron chi connectivity index (χ2n) is 4.59. The van der Waals surface area contributed by atoms with Crippen molar-refractivity contribution in [1.29, 1.82) is 0 Å². The molecule has 17 heavy (non-hydrogen) atoms. The highest BCUT2D eigenvalue weighted by atomic mass is 15.1. The van der Waals surface area contributed by atoms with E-state index in [4.69, 9.17) is 5.73 Å². The number of hydrogen-bond donors (Lipinski definition) is 1. The summed E-state index contributed by atoms with van der Waals surface area (Å²) in [5.41, 5.74) is 9.38. The summed E-state index contributed by atoms with van der Waals surface area (Å²) in [5, 5.41) is 0. The van der Waals surface area contributed by atoms with Gasteiger partial charge in [-0.1, -0.05) is 6.07 Å². The van der Waals surface area contributed by atoms with Crippen molar-refractivity contribution in [2.75, 3.05) is 0 Å². The monoisotopic (exact) mass is 228 g/mol. The van der Waals surface area contributed by atoms with E-state index in [0.29, 0.717) is 0 Å². The summed E-state index contributed by atoms with van der Waals surface area (Å²) in [7, 11) is 0. The van der Waals surface area contributed by atoms with Crippen LogP contribution in [0, 0.1) is 6.92 Å². The van der Waals surface area contributed by atoms with Crippen molar-refractivity contribution in [3.63, 3.8) is 0 Å². The van der Waals surface area contributed by atoms with Crippen LogP contribution in [0.25, 0.3) is 11.5 Å². The average molecular weight is 228 g/mol. The molecular weight excluding hydrogens is 212 g/mol. The van der Waals surface area contributed by atoms with Gasteiger partial charge in [-0.2, -0.15) is 0 Å². The fraction of sp³-hybridized carbons (Fsp3) is 0.385. The molecule has 0 fully saturated rings. The Kier molecular flexibility index (Phi) is 2.44. The number of aromatic nitrogens is 3. The molecule has 2 N–H and O–H groups in total. The number of rotatable bonds is 1. The molecule has 0 amide bonds. The van der Waals surface area contributed by atoms with Crippen LogP contribution in [0.1, 0.15) is 17.8 Å². The van der Waals surface area contributed by atoms with E-state index in [1.807, 2.05) is 18.2 Å². The Hall–Kier alpha value is -1.68. The van der Waals surface area contributed by atoms with Gasteiger partial charge in [0.25, 0.3) is 0 Å². The lowest BCUT2D eigenvalue weighted by molar-refractivity contribution is 0.462. The Labute approximate surface area is 101 Å². The zero-order valence-corrected chi connectivity index (χ0v) is 9.93. The summed E-state index contributed by atoms with van der Waals surface area (Å²) in [6.07, 6.45) is 3.87. The van der Waals surface area contributed by atoms with Crippen LogP contribution in [-0.4, -0.2) is 20.6 Å². The van der Waals surface area contributed by atoms with Gasteiger partial charge in [0, 0.05) is 24.5 Å². The van der Waals surface area contributed by atoms with E-state index in [0.717, 1.165) is 36.6 Å². The summed E-state index contributed by atoms with van der Waals surface area (Å²) in [6, 6.07) is 6.14. The van der Waals surface area contributed by atoms with Gasteiger partial charge in [-0.3, -0.25) is 4.98 Å². The highest BCUT2D eigenvalue weighted by Crippen LogP contribution is 2.25. The number of imidazole rings is 1. The fourth-order valence-electron chi connectivity index (χ4n) is 2.46. The highest BCUT2D eigenvalue weighted by molar-refractivity contribution is 5.51. The normalized spacial score (nSPS) is 19.1. The van der Waals surface area contributed by atoms with Crippen LogP contribution in [-0.2, 0) is 13.0 Å². The van der Waals surface area contributed by atoms with Gasteiger partial charge in [0.1, 0.15) is 5.69 Å². The molecule has 4 heteroatoms. The third kappa shape index (κ3) is 1.74. The minimum atomic E-state index is 0.235. The summed E-state index contributed by atoms with van der Waals surface area (Å²) in [5.74, 6) is 0.952. The van der Waals surface area contributed by atoms with Crippen molar-refractivity contribution in [3.05, 3.63) is 35.8 Å². The van der Waals surface area contributed by atoms with Gasteiger partial charge in [0.15, 0.2) is 5.82 Å². The van der Waals surface area contributed by atoms with Crippen molar-refractivity contribution >= 4 is 0 Å². The number of nitrogens with two attached hydrogens (primary N) is 1. The summed E-state index contributed by atoms with van der Waals surface area (Å²) in [6.45, 7) is 2.91. The first-order chi connectivity index (χ1) is 8.25. The maximum atomic E-state index is 6.04. The predicted octanol–water partition coefficient (Wildman–Crippen LogP) is 1.53. The van der Waals surface area contributed by atoms with Gasteiger partial charge in [-0.15, -0.1) is 0 Å². The maximum absolute atomic E-state index is 6.04. The van der Waals surface area contributed by atoms with Crippen LogP contribution in [0.3, 0.4) is 0 Å². The van der Waals surface area contributed by atoms with Crippen LogP contribution in [0.4, 0.5) is 0 Å². The summed E-state index contributed by atoms with van der Waals surface area (Å²) >= 11 is 0. The van der Waals surface area contributed by atoms with Crippen molar-refractivity contribution in [1.82, 2.24) is 14.5 Å². The smallest absolute Gasteiger partial charge is 0.159 e. The van der Waals surface area contributed by atoms with Gasteiger partial charge in [-0.05, 0) is 31.9 Å². The van der Waals surface area contributed by atoms with Gasteiger partial charge in [-0.25, -0.2) is 4.98 Å². The number of aryl methyl sites for hydroxylation is 1. The molecule has 3 rings (SSSR count). The summed E-state index contributed by atoms with van der Waals surface area (Å²) in [4.78, 5) is 9.01. The quantitative estimate of drug-likeness (QED) is 0.805. The third-order valence-electron chi connectivity index (χ3n) is 3.34. The molecule has 1 aliphatic heterocycles. The molecule has 1 unspecified atom stereocenters. The zero-order valence-electron chi connectivity index (χ0n) is 9.93. The Morgan fingerprint density at radius 2 is 2.29 bits per heavy atom. The molecule has 1 aliphatic rings. The molecule has 0 saturated heterocycles. The fourth-order valence-corrected chi connectivity index (χ4v) is 2.46. The lowest BCUT2D eigenvalue weighted by Gasteiger charge is -2.22. The Morgan fingerprint density at radius 1 is 1.41 bits per heavy atom. The van der Waals surface area contributed by atoms with Crippen LogP contribution < -0.4 is 5.73 Å². The predicted molar refractivity (Wildman–Crippen MR) is 66.5 cm³/mol. The molecule has 2 aromatic heterocycles. The van der Waals surface area contributed by atoms with Crippen LogP contribution >= 0.6 is 0 Å². The second-order valence-corrected chi connectivity index (χ2v) is 4.59. The first-order valence-electron chi connectivity index (χ1n) is 5.98. The van der Waals surface area contributed by atoms with Gasteiger partial charge >= 0.3 is 0 Å². The van der Waals surface area contributed by atoms with E-state index in [2.05, 4.69) is 21.5 Å². The molecule has 0 bridgehead atoms. The Bertz CT molecular complexity index is 530. The van der Waals surface area contributed by atoms with Crippen LogP contribution in [0.2, 0.25) is 0 Å². The molecular formula is C13H16N4. The van der Waals surface area contributed by atoms with E-state index >= 15 is 0 Å². The Balaban J connectivity index is 2.13. The minimum absolute atomic E-state index is 0.235. The number of nitrogens with zero attached hydrogens (tertiary/aromatic N) is 3. The van der Waals surface area contributed by atoms with Crippen molar-refractivity contribution in [3.8, 4) is 11.5 Å². The molecule has 4 nitrogen and oxygen atoms in total. The van der Waals surface area contributed by atoms with Crippen molar-refractivity contribution < 1.29 is 0 Å². The molecule has 0 radical (unpaired) electrons. The van der Waals surface area contributed by atoms with Crippen LogP contribution in [0.5, 0.6) is 0 Å². The molecule has 3 heterocycles. The van der Waals surface area contributed by atoms with Crippen molar-refractivity contribution in [2.45, 2.75) is 32.4 Å². The molecule has 0 aliphatic carbocycles. The van der Waals surface area contributed by atoms with E-state index < -0.39 is 0 Å². The topological polar surface area (TPSA) is 56.7 Å². The molecule has 88 valence electrons. The molecule has 2 aromatic rings. The first-order valence-corrected chi connectivity index (χ1v) is 5.98. The first kappa shape index (κ1) is 10.5. The lowest BCUT2D eigenvalue weighted by Crippen LogP contribution is -2.32. The standard InChI is InChI=1S/C13H16N4/c1-9-12-6-5-10(14)8-17(12)13(16-9)11-4-2-3-7-15-11/h2-4,7,10H,5-6,8,14H2,1H3. The Morgan fingerprint density at radius 3 is 3.06 bits per heavy atom. The van der Waals surface area contributed by atoms with Gasteiger partial charge in [0.2, 0.25) is 0 Å². The van der Waals surface area contributed by atoms with E-state index in [1.54, 1.807) is 6.20 Å². The second kappa shape index (κ2) is 3.96. The molecule has 1 atom stereocenters. The van der Waals surface area contributed by atoms with E-state index in [1.165, 1.54) is 5.69 Å². The molecule has 0 saturated carbocycles. The molecule has 0 aromatic carbocycles. The summed E-state index contributed by atoms with van der Waals surface area (Å²) < 4.78 is 2.23. The van der Waals surface area contributed by atoms with Crippen molar-refractivity contribution in [2.24, 2.45) is 5.73 Å². The number of fused-ring (bicyclic) bond motifs is 1. The largest absolute Gasteiger partial charge is 0.326 e. The lowest BCUT2D eigenvalue weighted by atomic mass is 10.0. The van der Waals surface area contributed by atoms with Gasteiger partial charge < -0.3 is 10.3 Å². The third-order valence-corrected chi connectivity index (χ3v) is 3.34. The highest BCUT2D eigenvalue weighted by Gasteiger charge is 2.22. The van der Waals surface area contributed by atoms with Crippen LogP contribution in [0.15, 0.2) is 24.4 Å². The van der Waals surface area contributed by atoms with E-state index in [9.17, 15) is 0 Å². The number of hydrogen-bond acceptors (Lipinski definition) is 3. The SMILES string of the molecule is Cc1nc(-c2ccccn2)n2c1CCC(N)C2. The maximum Gasteiger partial charge on any atom is 0.159 e. The van der Waals surface area contributed by atoms with E-state index in [-0.39, 0.29) is 6.04 Å². The van der Waals surface area contributed by atoms with Gasteiger partial charge in [0.05, 0.1) is 5.69 Å². The molecule has 0 spiro atoms. The minimum Gasteiger partial charge on any atom is -0.326 e. The number of pyridine rings is 1. The average Bonchev–Trinajstić information content (AvgIpc) is 2.67.